The van der Waals surface area contributed by atoms with Crippen molar-refractivity contribution in [2.24, 2.45) is 0 Å². The molecule has 0 atom stereocenters. The molecule has 0 aliphatic carbocycles. The monoisotopic (exact) mass is 399 g/mol. The molecule has 3 rings (SSSR count). The van der Waals surface area contributed by atoms with Crippen molar-refractivity contribution >= 4 is 54.6 Å². The summed E-state index contributed by atoms with van der Waals surface area (Å²) < 4.78 is 3.88. The number of nitrogens with zero attached hydrogens (tertiary/aromatic N) is 3. The number of hydrogen-bond acceptors (Lipinski definition) is 2. The van der Waals surface area contributed by atoms with Gasteiger partial charge in [-0.1, -0.05) is 22.0 Å². The normalized spacial score (nSPS) is 11.1. The third-order valence-corrected chi connectivity index (χ3v) is 3.89. The van der Waals surface area contributed by atoms with E-state index < -0.39 is 0 Å². The molecule has 0 unspecified atom stereocenters. The van der Waals surface area contributed by atoms with Crippen molar-refractivity contribution in [3.05, 3.63) is 51.3 Å². The first-order chi connectivity index (χ1) is 9.19. The third-order valence-electron chi connectivity index (χ3n) is 2.72. The first kappa shape index (κ1) is 13.1. The average Bonchev–Trinajstić information content (AvgIpc) is 2.76. The molecule has 6 heteroatoms. The van der Waals surface area contributed by atoms with Crippen LogP contribution >= 0.6 is 43.5 Å². The molecule has 0 N–H and O–H groups in total. The summed E-state index contributed by atoms with van der Waals surface area (Å²) >= 11 is 12.9. The van der Waals surface area contributed by atoms with E-state index in [0.717, 1.165) is 31.6 Å². The molecule has 0 aliphatic heterocycles. The highest BCUT2D eigenvalue weighted by molar-refractivity contribution is 9.10. The van der Waals surface area contributed by atoms with Crippen molar-refractivity contribution in [2.45, 2.75) is 5.88 Å². The molecular weight excluding hydrogens is 393 g/mol. The van der Waals surface area contributed by atoms with Crippen molar-refractivity contribution in [3.8, 4) is 5.69 Å². The molecule has 96 valence electrons. The Kier molecular flexibility index (Phi) is 3.60. The van der Waals surface area contributed by atoms with Crippen LogP contribution in [0.2, 0.25) is 0 Å². The average molecular weight is 401 g/mol. The van der Waals surface area contributed by atoms with Gasteiger partial charge in [-0.2, -0.15) is 0 Å². The van der Waals surface area contributed by atoms with Gasteiger partial charge < -0.3 is 0 Å². The summed E-state index contributed by atoms with van der Waals surface area (Å²) in [5.41, 5.74) is 2.62. The fourth-order valence-corrected chi connectivity index (χ4v) is 2.85. The van der Waals surface area contributed by atoms with Crippen LogP contribution in [-0.4, -0.2) is 14.5 Å². The van der Waals surface area contributed by atoms with E-state index in [-0.39, 0.29) is 0 Å². The summed E-state index contributed by atoms with van der Waals surface area (Å²) in [5, 5.41) is 0. The minimum atomic E-state index is 0.334. The number of alkyl halides is 1. The Morgan fingerprint density at radius 3 is 2.74 bits per heavy atom. The molecule has 0 saturated carbocycles. The lowest BCUT2D eigenvalue weighted by Crippen LogP contribution is -2.00. The maximum Gasteiger partial charge on any atom is 0.164 e. The van der Waals surface area contributed by atoms with Crippen LogP contribution in [0, 0.1) is 0 Å². The van der Waals surface area contributed by atoms with Crippen LogP contribution in [0.15, 0.2) is 45.5 Å². The number of pyridine rings is 1. The van der Waals surface area contributed by atoms with Crippen LogP contribution in [0.5, 0.6) is 0 Å². The fraction of sp³-hybridized carbons (Fsp3) is 0.0769. The second kappa shape index (κ2) is 5.23. The standard InChI is InChI=1S/C13H8Br2ClN3/c14-8-2-1-3-10(4-8)19-12(6-16)18-11-5-9(15)7-17-13(11)19/h1-5,7H,6H2. The van der Waals surface area contributed by atoms with Crippen LogP contribution in [0.1, 0.15) is 5.82 Å². The molecule has 19 heavy (non-hydrogen) atoms. The van der Waals surface area contributed by atoms with Crippen LogP contribution in [0.25, 0.3) is 16.9 Å². The Labute approximate surface area is 131 Å². The lowest BCUT2D eigenvalue weighted by atomic mass is 10.3. The number of rotatable bonds is 2. The highest BCUT2D eigenvalue weighted by atomic mass is 79.9. The number of benzene rings is 1. The summed E-state index contributed by atoms with van der Waals surface area (Å²) in [6.45, 7) is 0. The van der Waals surface area contributed by atoms with Crippen LogP contribution < -0.4 is 0 Å². The van der Waals surface area contributed by atoms with Crippen molar-refractivity contribution in [3.63, 3.8) is 0 Å². The van der Waals surface area contributed by atoms with Crippen molar-refractivity contribution in [2.75, 3.05) is 0 Å². The van der Waals surface area contributed by atoms with Gasteiger partial charge >= 0.3 is 0 Å². The number of hydrogen-bond donors (Lipinski definition) is 0. The summed E-state index contributed by atoms with van der Waals surface area (Å²) in [5.74, 6) is 1.11. The zero-order valence-corrected chi connectivity index (χ0v) is 13.6. The summed E-state index contributed by atoms with van der Waals surface area (Å²) in [7, 11) is 0. The number of aromatic nitrogens is 3. The molecule has 1 aromatic carbocycles. The molecule has 3 aromatic rings. The van der Waals surface area contributed by atoms with E-state index in [0.29, 0.717) is 5.88 Å². The Hall–Kier alpha value is -0.910. The van der Waals surface area contributed by atoms with Gasteiger partial charge in [0, 0.05) is 20.8 Å². The van der Waals surface area contributed by atoms with Gasteiger partial charge in [0.1, 0.15) is 11.3 Å². The predicted molar refractivity (Wildman–Crippen MR) is 83.8 cm³/mol. The molecule has 0 amide bonds. The van der Waals surface area contributed by atoms with Gasteiger partial charge in [-0.3, -0.25) is 4.57 Å². The molecule has 0 aliphatic rings. The van der Waals surface area contributed by atoms with E-state index >= 15 is 0 Å². The predicted octanol–water partition coefficient (Wildman–Crippen LogP) is 4.68. The van der Waals surface area contributed by atoms with E-state index in [2.05, 4.69) is 41.8 Å². The van der Waals surface area contributed by atoms with Crippen molar-refractivity contribution in [1.82, 2.24) is 14.5 Å². The van der Waals surface area contributed by atoms with Crippen molar-refractivity contribution < 1.29 is 0 Å². The second-order valence-electron chi connectivity index (χ2n) is 3.97. The molecular formula is C13H8Br2ClN3. The minimum absolute atomic E-state index is 0.334. The van der Waals surface area contributed by atoms with Crippen LogP contribution in [-0.2, 0) is 5.88 Å². The Balaban J connectivity index is 2.32. The molecule has 3 nitrogen and oxygen atoms in total. The van der Waals surface area contributed by atoms with Crippen molar-refractivity contribution in [1.29, 1.82) is 0 Å². The molecule has 0 spiro atoms. The minimum Gasteiger partial charge on any atom is -0.280 e. The van der Waals surface area contributed by atoms with Gasteiger partial charge in [-0.05, 0) is 40.2 Å². The zero-order chi connectivity index (χ0) is 13.4. The van der Waals surface area contributed by atoms with Gasteiger partial charge in [0.05, 0.1) is 5.88 Å². The number of imidazole rings is 1. The van der Waals surface area contributed by atoms with E-state index in [1.165, 1.54) is 0 Å². The van der Waals surface area contributed by atoms with Gasteiger partial charge in [0.2, 0.25) is 0 Å². The second-order valence-corrected chi connectivity index (χ2v) is 6.07. The summed E-state index contributed by atoms with van der Waals surface area (Å²) in [4.78, 5) is 8.96. The third kappa shape index (κ3) is 2.42. The Morgan fingerprint density at radius 1 is 1.16 bits per heavy atom. The Bertz CT molecular complexity index is 755. The number of fused-ring (bicyclic) bond motifs is 1. The number of halogens is 3. The molecule has 0 saturated heterocycles. The topological polar surface area (TPSA) is 30.7 Å². The van der Waals surface area contributed by atoms with E-state index in [9.17, 15) is 0 Å². The maximum absolute atomic E-state index is 6.00. The largest absolute Gasteiger partial charge is 0.280 e. The summed E-state index contributed by atoms with van der Waals surface area (Å²) in [6.07, 6.45) is 1.76. The smallest absolute Gasteiger partial charge is 0.164 e. The molecule has 0 fully saturated rings. The first-order valence-electron chi connectivity index (χ1n) is 5.54. The lowest BCUT2D eigenvalue weighted by Gasteiger charge is -2.07. The maximum atomic E-state index is 6.00. The highest BCUT2D eigenvalue weighted by Crippen LogP contribution is 2.25. The quantitative estimate of drug-likeness (QED) is 0.584. The first-order valence-corrected chi connectivity index (χ1v) is 7.66. The Morgan fingerprint density at radius 2 is 2.00 bits per heavy atom. The summed E-state index contributed by atoms with van der Waals surface area (Å²) in [6, 6.07) is 9.91. The van der Waals surface area contributed by atoms with E-state index in [4.69, 9.17) is 11.6 Å². The molecule has 0 bridgehead atoms. The SMILES string of the molecule is ClCc1nc2cc(Br)cnc2n1-c1cccc(Br)c1. The lowest BCUT2D eigenvalue weighted by molar-refractivity contribution is 0.969. The van der Waals surface area contributed by atoms with Crippen LogP contribution in [0.4, 0.5) is 0 Å². The van der Waals surface area contributed by atoms with E-state index in [1.807, 2.05) is 34.9 Å². The molecule has 2 heterocycles. The van der Waals surface area contributed by atoms with E-state index in [1.54, 1.807) is 6.20 Å². The zero-order valence-electron chi connectivity index (χ0n) is 9.65. The van der Waals surface area contributed by atoms with Crippen LogP contribution in [0.3, 0.4) is 0 Å². The molecule has 2 aromatic heterocycles. The fourth-order valence-electron chi connectivity index (χ4n) is 1.96. The highest BCUT2D eigenvalue weighted by Gasteiger charge is 2.13. The van der Waals surface area contributed by atoms with Gasteiger partial charge in [0.15, 0.2) is 5.65 Å². The van der Waals surface area contributed by atoms with Gasteiger partial charge in [0.25, 0.3) is 0 Å². The molecule has 0 radical (unpaired) electrons. The van der Waals surface area contributed by atoms with Gasteiger partial charge in [-0.25, -0.2) is 9.97 Å². The van der Waals surface area contributed by atoms with Gasteiger partial charge in [-0.15, -0.1) is 11.6 Å².